The van der Waals surface area contributed by atoms with Crippen molar-refractivity contribution in [1.29, 1.82) is 0 Å². The molecule has 4 nitrogen and oxygen atoms in total. The lowest BCUT2D eigenvalue weighted by molar-refractivity contribution is 0.400. The number of hydrogen-bond donors (Lipinski definition) is 1. The van der Waals surface area contributed by atoms with Crippen molar-refractivity contribution >= 4 is 0 Å². The molecule has 84 valence electrons. The molecule has 1 aliphatic rings. The van der Waals surface area contributed by atoms with Gasteiger partial charge in [-0.05, 0) is 25.3 Å². The van der Waals surface area contributed by atoms with Crippen LogP contribution in [0.25, 0.3) is 0 Å². The van der Waals surface area contributed by atoms with Gasteiger partial charge in [0, 0.05) is 13.0 Å². The summed E-state index contributed by atoms with van der Waals surface area (Å²) in [6, 6.07) is 0. The van der Waals surface area contributed by atoms with E-state index in [1.54, 1.807) is 0 Å². The largest absolute Gasteiger partial charge is 0.314 e. The molecule has 1 aromatic heterocycles. The summed E-state index contributed by atoms with van der Waals surface area (Å²) < 4.78 is 2.28. The maximum atomic E-state index is 4.26. The Balaban J connectivity index is 2.01. The minimum atomic E-state index is 0.762. The van der Waals surface area contributed by atoms with E-state index in [0.29, 0.717) is 0 Å². The molecule has 0 saturated heterocycles. The van der Waals surface area contributed by atoms with Gasteiger partial charge in [-0.1, -0.05) is 13.8 Å². The molecule has 15 heavy (non-hydrogen) atoms. The van der Waals surface area contributed by atoms with Crippen molar-refractivity contribution in [2.24, 2.45) is 5.92 Å². The highest BCUT2D eigenvalue weighted by Gasteiger charge is 2.19. The molecule has 0 aliphatic carbocycles. The Kier molecular flexibility index (Phi) is 3.36. The molecule has 0 spiro atoms. The standard InChI is InChI=1S/C11H20N4/c1-3-5-12-8-11-14-13-10-7-9(2)4-6-15(10)11/h9,12H,3-8H2,1-2H3. The Morgan fingerprint density at radius 1 is 1.47 bits per heavy atom. The van der Waals surface area contributed by atoms with Gasteiger partial charge in [0.25, 0.3) is 0 Å². The molecule has 1 unspecified atom stereocenters. The third-order valence-electron chi connectivity index (χ3n) is 2.99. The molecule has 0 amide bonds. The van der Waals surface area contributed by atoms with Crippen molar-refractivity contribution in [1.82, 2.24) is 20.1 Å². The van der Waals surface area contributed by atoms with Crippen molar-refractivity contribution in [2.45, 2.75) is 46.2 Å². The minimum Gasteiger partial charge on any atom is -0.314 e. The van der Waals surface area contributed by atoms with Gasteiger partial charge in [-0.25, -0.2) is 0 Å². The van der Waals surface area contributed by atoms with Crippen LogP contribution in [0.1, 0.15) is 38.3 Å². The highest BCUT2D eigenvalue weighted by atomic mass is 15.3. The second kappa shape index (κ2) is 4.75. The van der Waals surface area contributed by atoms with Crippen LogP contribution in [0.3, 0.4) is 0 Å². The Morgan fingerprint density at radius 2 is 2.33 bits per heavy atom. The maximum absolute atomic E-state index is 4.26. The molecular formula is C11H20N4. The van der Waals surface area contributed by atoms with Crippen LogP contribution in [-0.4, -0.2) is 21.3 Å². The second-order valence-electron chi connectivity index (χ2n) is 4.46. The summed E-state index contributed by atoms with van der Waals surface area (Å²) in [4.78, 5) is 0. The number of fused-ring (bicyclic) bond motifs is 1. The molecule has 1 aliphatic heterocycles. The molecule has 1 atom stereocenters. The zero-order valence-electron chi connectivity index (χ0n) is 9.66. The summed E-state index contributed by atoms with van der Waals surface area (Å²) in [5.41, 5.74) is 0. The van der Waals surface area contributed by atoms with Crippen LogP contribution in [-0.2, 0) is 19.5 Å². The van der Waals surface area contributed by atoms with Crippen LogP contribution >= 0.6 is 0 Å². The van der Waals surface area contributed by atoms with E-state index in [2.05, 4.69) is 33.9 Å². The Bertz CT molecular complexity index is 318. The summed E-state index contributed by atoms with van der Waals surface area (Å²) in [5, 5.41) is 11.9. The van der Waals surface area contributed by atoms with Crippen molar-refractivity contribution in [3.05, 3.63) is 11.6 Å². The van der Waals surface area contributed by atoms with Gasteiger partial charge in [-0.15, -0.1) is 10.2 Å². The van der Waals surface area contributed by atoms with E-state index >= 15 is 0 Å². The van der Waals surface area contributed by atoms with Gasteiger partial charge in [0.2, 0.25) is 0 Å². The first-order valence-corrected chi connectivity index (χ1v) is 5.93. The highest BCUT2D eigenvalue weighted by molar-refractivity contribution is 4.99. The molecule has 0 aromatic carbocycles. The first-order valence-electron chi connectivity index (χ1n) is 5.93. The quantitative estimate of drug-likeness (QED) is 0.760. The average Bonchev–Trinajstić information content (AvgIpc) is 2.61. The third kappa shape index (κ3) is 2.37. The van der Waals surface area contributed by atoms with Gasteiger partial charge >= 0.3 is 0 Å². The lowest BCUT2D eigenvalue weighted by Gasteiger charge is -2.20. The van der Waals surface area contributed by atoms with E-state index in [4.69, 9.17) is 0 Å². The zero-order valence-corrected chi connectivity index (χ0v) is 9.66. The second-order valence-corrected chi connectivity index (χ2v) is 4.46. The average molecular weight is 208 g/mol. The minimum absolute atomic E-state index is 0.762. The summed E-state index contributed by atoms with van der Waals surface area (Å²) in [6.45, 7) is 7.46. The van der Waals surface area contributed by atoms with Gasteiger partial charge in [0.15, 0.2) is 0 Å². The lowest BCUT2D eigenvalue weighted by atomic mass is 10.0. The third-order valence-corrected chi connectivity index (χ3v) is 2.99. The first-order chi connectivity index (χ1) is 7.31. The number of rotatable bonds is 4. The van der Waals surface area contributed by atoms with Crippen LogP contribution in [0.15, 0.2) is 0 Å². The molecule has 0 bridgehead atoms. The van der Waals surface area contributed by atoms with Gasteiger partial charge in [-0.3, -0.25) is 0 Å². The Labute approximate surface area is 91.1 Å². The predicted octanol–water partition coefficient (Wildman–Crippen LogP) is 1.36. The summed E-state index contributed by atoms with van der Waals surface area (Å²) in [6.07, 6.45) is 3.50. The van der Waals surface area contributed by atoms with E-state index in [-0.39, 0.29) is 0 Å². The van der Waals surface area contributed by atoms with Crippen molar-refractivity contribution < 1.29 is 0 Å². The molecular weight excluding hydrogens is 188 g/mol. The van der Waals surface area contributed by atoms with Crippen LogP contribution in [0.2, 0.25) is 0 Å². The molecule has 0 saturated carbocycles. The topological polar surface area (TPSA) is 42.7 Å². The molecule has 0 radical (unpaired) electrons. The van der Waals surface area contributed by atoms with Gasteiger partial charge in [0.05, 0.1) is 6.54 Å². The molecule has 2 rings (SSSR count). The van der Waals surface area contributed by atoms with Crippen molar-refractivity contribution in [3.63, 3.8) is 0 Å². The van der Waals surface area contributed by atoms with E-state index in [1.807, 2.05) is 0 Å². The SMILES string of the molecule is CCCNCc1nnc2n1CCC(C)C2. The Hall–Kier alpha value is -0.900. The smallest absolute Gasteiger partial charge is 0.147 e. The van der Waals surface area contributed by atoms with Gasteiger partial charge in [0.1, 0.15) is 11.6 Å². The number of aromatic nitrogens is 3. The summed E-state index contributed by atoms with van der Waals surface area (Å²) in [7, 11) is 0. The van der Waals surface area contributed by atoms with Crippen LogP contribution in [0, 0.1) is 5.92 Å². The fraction of sp³-hybridized carbons (Fsp3) is 0.818. The van der Waals surface area contributed by atoms with E-state index in [1.165, 1.54) is 12.2 Å². The molecule has 0 fully saturated rings. The monoisotopic (exact) mass is 208 g/mol. The van der Waals surface area contributed by atoms with E-state index in [0.717, 1.165) is 44.2 Å². The molecule has 2 heterocycles. The maximum Gasteiger partial charge on any atom is 0.147 e. The zero-order chi connectivity index (χ0) is 10.7. The van der Waals surface area contributed by atoms with Crippen molar-refractivity contribution in [2.75, 3.05) is 6.54 Å². The van der Waals surface area contributed by atoms with Crippen molar-refractivity contribution in [3.8, 4) is 0 Å². The summed E-state index contributed by atoms with van der Waals surface area (Å²) in [5.74, 6) is 3.03. The van der Waals surface area contributed by atoms with Crippen LogP contribution < -0.4 is 5.32 Å². The van der Waals surface area contributed by atoms with Gasteiger partial charge < -0.3 is 9.88 Å². The lowest BCUT2D eigenvalue weighted by Crippen LogP contribution is -2.22. The predicted molar refractivity (Wildman–Crippen MR) is 59.5 cm³/mol. The normalized spacial score (nSPS) is 20.3. The van der Waals surface area contributed by atoms with E-state index in [9.17, 15) is 0 Å². The van der Waals surface area contributed by atoms with Crippen LogP contribution in [0.5, 0.6) is 0 Å². The van der Waals surface area contributed by atoms with Gasteiger partial charge in [-0.2, -0.15) is 0 Å². The van der Waals surface area contributed by atoms with Crippen LogP contribution in [0.4, 0.5) is 0 Å². The molecule has 4 heteroatoms. The molecule has 1 N–H and O–H groups in total. The molecule has 1 aromatic rings. The summed E-state index contributed by atoms with van der Waals surface area (Å²) >= 11 is 0. The fourth-order valence-electron chi connectivity index (χ4n) is 2.05. The van der Waals surface area contributed by atoms with E-state index < -0.39 is 0 Å². The highest BCUT2D eigenvalue weighted by Crippen LogP contribution is 2.19. The fourth-order valence-corrected chi connectivity index (χ4v) is 2.05. The Morgan fingerprint density at radius 3 is 3.13 bits per heavy atom. The number of nitrogens with one attached hydrogen (secondary N) is 1. The first kappa shape index (κ1) is 10.6. The number of nitrogens with zero attached hydrogens (tertiary/aromatic N) is 3. The number of hydrogen-bond acceptors (Lipinski definition) is 3.